The second kappa shape index (κ2) is 6.11. The van der Waals surface area contributed by atoms with E-state index in [1.165, 1.54) is 6.42 Å². The molecule has 2 N–H and O–H groups in total. The van der Waals surface area contributed by atoms with Crippen molar-refractivity contribution in [2.45, 2.75) is 27.2 Å². The van der Waals surface area contributed by atoms with E-state index in [1.807, 2.05) is 36.1 Å². The van der Waals surface area contributed by atoms with E-state index in [4.69, 9.17) is 10.2 Å². The van der Waals surface area contributed by atoms with Crippen molar-refractivity contribution in [3.05, 3.63) is 41.7 Å². The van der Waals surface area contributed by atoms with E-state index in [1.54, 1.807) is 6.07 Å². The first-order valence-electron chi connectivity index (χ1n) is 8.19. The molecule has 122 valence electrons. The summed E-state index contributed by atoms with van der Waals surface area (Å²) in [6.07, 6.45) is 1.17. The quantitative estimate of drug-likeness (QED) is 0.854. The van der Waals surface area contributed by atoms with Crippen LogP contribution in [-0.2, 0) is 0 Å². The molecule has 1 aromatic carbocycles. The number of amides is 1. The Morgan fingerprint density at radius 1 is 1.17 bits per heavy atom. The third kappa shape index (κ3) is 3.26. The van der Waals surface area contributed by atoms with E-state index in [0.29, 0.717) is 29.0 Å². The summed E-state index contributed by atoms with van der Waals surface area (Å²) < 4.78 is 5.80. The summed E-state index contributed by atoms with van der Waals surface area (Å²) in [5.74, 6) is 2.07. The summed E-state index contributed by atoms with van der Waals surface area (Å²) in [7, 11) is 0. The van der Waals surface area contributed by atoms with Gasteiger partial charge >= 0.3 is 0 Å². The molecule has 23 heavy (non-hydrogen) atoms. The van der Waals surface area contributed by atoms with Gasteiger partial charge in [-0.15, -0.1) is 0 Å². The van der Waals surface area contributed by atoms with Crippen molar-refractivity contribution in [2.24, 2.45) is 11.8 Å². The number of nitrogens with zero attached hydrogens (tertiary/aromatic N) is 1. The number of anilines is 1. The Morgan fingerprint density at radius 3 is 2.52 bits per heavy atom. The van der Waals surface area contributed by atoms with Crippen molar-refractivity contribution in [3.63, 3.8) is 0 Å². The second-order valence-corrected chi connectivity index (χ2v) is 6.91. The molecule has 2 atom stereocenters. The lowest BCUT2D eigenvalue weighted by Crippen LogP contribution is -2.42. The Morgan fingerprint density at radius 2 is 1.87 bits per heavy atom. The molecule has 0 bridgehead atoms. The summed E-state index contributed by atoms with van der Waals surface area (Å²) in [5.41, 5.74) is 8.66. The lowest BCUT2D eigenvalue weighted by molar-refractivity contribution is 0.0592. The molecule has 2 heterocycles. The van der Waals surface area contributed by atoms with E-state index < -0.39 is 0 Å². The molecule has 4 heteroatoms. The van der Waals surface area contributed by atoms with Crippen LogP contribution in [0, 0.1) is 18.8 Å². The standard InChI is InChI=1S/C19H24N2O2/c1-12-4-5-15(16(20)9-12)17-6-7-18(23-17)19(22)21-10-13(2)8-14(3)11-21/h4-7,9,13-14H,8,10-11,20H2,1-3H3/t13-,14-/m0/s1. The minimum absolute atomic E-state index is 0.0275. The molecule has 0 spiro atoms. The maximum atomic E-state index is 12.7. The Balaban J connectivity index is 1.82. The molecule has 4 nitrogen and oxygen atoms in total. The number of carbonyl (C=O) groups excluding carboxylic acids is 1. The third-order valence-corrected chi connectivity index (χ3v) is 4.45. The molecule has 1 aromatic heterocycles. The van der Waals surface area contributed by atoms with E-state index in [-0.39, 0.29) is 5.91 Å². The highest BCUT2D eigenvalue weighted by Crippen LogP contribution is 2.29. The number of likely N-dealkylation sites (tertiary alicyclic amines) is 1. The van der Waals surface area contributed by atoms with Crippen LogP contribution in [0.1, 0.15) is 36.4 Å². The minimum Gasteiger partial charge on any atom is -0.451 e. The highest BCUT2D eigenvalue weighted by molar-refractivity contribution is 5.92. The lowest BCUT2D eigenvalue weighted by Gasteiger charge is -2.34. The molecule has 1 fully saturated rings. The number of piperidine rings is 1. The fourth-order valence-electron chi connectivity index (χ4n) is 3.49. The van der Waals surface area contributed by atoms with Crippen LogP contribution in [0.2, 0.25) is 0 Å². The monoisotopic (exact) mass is 312 g/mol. The van der Waals surface area contributed by atoms with Crippen molar-refractivity contribution in [1.82, 2.24) is 4.90 Å². The van der Waals surface area contributed by atoms with E-state index >= 15 is 0 Å². The van der Waals surface area contributed by atoms with Crippen molar-refractivity contribution < 1.29 is 9.21 Å². The third-order valence-electron chi connectivity index (χ3n) is 4.45. The van der Waals surface area contributed by atoms with Crippen LogP contribution in [0.25, 0.3) is 11.3 Å². The Kier molecular flexibility index (Phi) is 4.16. The number of furan rings is 1. The summed E-state index contributed by atoms with van der Waals surface area (Å²) in [5, 5.41) is 0. The number of aryl methyl sites for hydroxylation is 1. The molecule has 3 rings (SSSR count). The van der Waals surface area contributed by atoms with Gasteiger partial charge in [-0.1, -0.05) is 19.9 Å². The first kappa shape index (κ1) is 15.7. The number of nitrogens with two attached hydrogens (primary N) is 1. The second-order valence-electron chi connectivity index (χ2n) is 6.91. The van der Waals surface area contributed by atoms with Crippen molar-refractivity contribution in [1.29, 1.82) is 0 Å². The molecule has 1 aliphatic rings. The largest absolute Gasteiger partial charge is 0.451 e. The zero-order valence-corrected chi connectivity index (χ0v) is 14.0. The maximum absolute atomic E-state index is 12.7. The van der Waals surface area contributed by atoms with Crippen LogP contribution >= 0.6 is 0 Å². The zero-order chi connectivity index (χ0) is 16.6. The minimum atomic E-state index is -0.0275. The van der Waals surface area contributed by atoms with E-state index in [9.17, 15) is 4.79 Å². The van der Waals surface area contributed by atoms with Gasteiger partial charge in [0.2, 0.25) is 0 Å². The zero-order valence-electron chi connectivity index (χ0n) is 14.0. The molecular formula is C19H24N2O2. The van der Waals surface area contributed by atoms with Gasteiger partial charge in [0.25, 0.3) is 5.91 Å². The van der Waals surface area contributed by atoms with Gasteiger partial charge < -0.3 is 15.1 Å². The highest BCUT2D eigenvalue weighted by atomic mass is 16.4. The van der Waals surface area contributed by atoms with Crippen LogP contribution in [0.15, 0.2) is 34.7 Å². The summed E-state index contributed by atoms with van der Waals surface area (Å²) >= 11 is 0. The van der Waals surface area contributed by atoms with Gasteiger partial charge in [-0.2, -0.15) is 0 Å². The highest BCUT2D eigenvalue weighted by Gasteiger charge is 2.27. The average Bonchev–Trinajstić information content (AvgIpc) is 2.95. The molecule has 1 amide bonds. The van der Waals surface area contributed by atoms with Gasteiger partial charge in [-0.25, -0.2) is 0 Å². The van der Waals surface area contributed by atoms with E-state index in [2.05, 4.69) is 13.8 Å². The van der Waals surface area contributed by atoms with Crippen molar-refractivity contribution in [2.75, 3.05) is 18.8 Å². The van der Waals surface area contributed by atoms with Gasteiger partial charge in [-0.05, 0) is 55.0 Å². The Labute approximate surface area is 137 Å². The molecule has 0 saturated carbocycles. The molecule has 0 radical (unpaired) electrons. The van der Waals surface area contributed by atoms with Crippen molar-refractivity contribution in [3.8, 4) is 11.3 Å². The first-order valence-corrected chi connectivity index (χ1v) is 8.19. The van der Waals surface area contributed by atoms with Crippen molar-refractivity contribution >= 4 is 11.6 Å². The van der Waals surface area contributed by atoms with Gasteiger partial charge in [0.15, 0.2) is 5.76 Å². The van der Waals surface area contributed by atoms with Gasteiger partial charge in [0.05, 0.1) is 0 Å². The molecule has 0 unspecified atom stereocenters. The predicted octanol–water partition coefficient (Wildman–Crippen LogP) is 3.96. The summed E-state index contributed by atoms with van der Waals surface area (Å²) in [4.78, 5) is 14.6. The molecular weight excluding hydrogens is 288 g/mol. The smallest absolute Gasteiger partial charge is 0.289 e. The number of hydrogen-bond acceptors (Lipinski definition) is 3. The molecule has 2 aromatic rings. The number of carbonyl (C=O) groups is 1. The number of hydrogen-bond donors (Lipinski definition) is 1. The summed E-state index contributed by atoms with van der Waals surface area (Å²) in [6, 6.07) is 9.41. The van der Waals surface area contributed by atoms with Crippen LogP contribution in [0.4, 0.5) is 5.69 Å². The number of rotatable bonds is 2. The SMILES string of the molecule is Cc1ccc(-c2ccc(C(=O)N3C[C@@H](C)C[C@H](C)C3)o2)c(N)c1. The predicted molar refractivity (Wildman–Crippen MR) is 92.1 cm³/mol. The van der Waals surface area contributed by atoms with Crippen LogP contribution < -0.4 is 5.73 Å². The van der Waals surface area contributed by atoms with Gasteiger partial charge in [0.1, 0.15) is 5.76 Å². The fraction of sp³-hybridized carbons (Fsp3) is 0.421. The molecule has 1 aliphatic heterocycles. The average molecular weight is 312 g/mol. The molecule has 0 aliphatic carbocycles. The number of benzene rings is 1. The Hall–Kier alpha value is -2.23. The topological polar surface area (TPSA) is 59.5 Å². The normalized spacial score (nSPS) is 21.4. The lowest BCUT2D eigenvalue weighted by atomic mass is 9.92. The Bertz CT molecular complexity index is 710. The van der Waals surface area contributed by atoms with Gasteiger partial charge in [-0.3, -0.25) is 4.79 Å². The van der Waals surface area contributed by atoms with Crippen LogP contribution in [0.5, 0.6) is 0 Å². The molecule has 1 saturated heterocycles. The fourth-order valence-corrected chi connectivity index (χ4v) is 3.49. The first-order chi connectivity index (χ1) is 10.9. The van der Waals surface area contributed by atoms with Gasteiger partial charge in [0, 0.05) is 24.3 Å². The van der Waals surface area contributed by atoms with Crippen LogP contribution in [0.3, 0.4) is 0 Å². The maximum Gasteiger partial charge on any atom is 0.289 e. The number of nitrogen functional groups attached to an aromatic ring is 1. The summed E-state index contributed by atoms with van der Waals surface area (Å²) in [6.45, 7) is 7.97. The van der Waals surface area contributed by atoms with Crippen LogP contribution in [-0.4, -0.2) is 23.9 Å². The van der Waals surface area contributed by atoms with E-state index in [0.717, 1.165) is 24.2 Å².